The van der Waals surface area contributed by atoms with Crippen LogP contribution in [0.4, 0.5) is 0 Å². The molecule has 0 heterocycles. The van der Waals surface area contributed by atoms with Gasteiger partial charge in [-0.15, -0.1) is 0 Å². The quantitative estimate of drug-likeness (QED) is 0.537. The van der Waals surface area contributed by atoms with E-state index in [-0.39, 0.29) is 6.10 Å². The SMILES string of the molecule is CCCNC(=S)NC[C@@H](C)O. The zero-order valence-corrected chi connectivity index (χ0v) is 7.87. The molecule has 3 nitrogen and oxygen atoms in total. The van der Waals surface area contributed by atoms with Crippen molar-refractivity contribution in [2.24, 2.45) is 0 Å². The standard InChI is InChI=1S/C7H16N2OS/c1-3-4-8-7(11)9-5-6(2)10/h6,10H,3-5H2,1-2H3,(H2,8,9,11)/t6-/m1/s1. The summed E-state index contributed by atoms with van der Waals surface area (Å²) >= 11 is 4.90. The fourth-order valence-electron chi connectivity index (χ4n) is 0.541. The Morgan fingerprint density at radius 2 is 2.18 bits per heavy atom. The van der Waals surface area contributed by atoms with Gasteiger partial charge in [0.1, 0.15) is 0 Å². The van der Waals surface area contributed by atoms with E-state index < -0.39 is 0 Å². The Labute approximate surface area is 73.2 Å². The van der Waals surface area contributed by atoms with Crippen LogP contribution < -0.4 is 10.6 Å². The normalized spacial score (nSPS) is 12.3. The Morgan fingerprint density at radius 1 is 1.55 bits per heavy atom. The summed E-state index contributed by atoms with van der Waals surface area (Å²) < 4.78 is 0. The predicted molar refractivity (Wildman–Crippen MR) is 50.6 cm³/mol. The second-order valence-corrected chi connectivity index (χ2v) is 2.89. The molecule has 0 aliphatic carbocycles. The van der Waals surface area contributed by atoms with Crippen LogP contribution in [0.15, 0.2) is 0 Å². The van der Waals surface area contributed by atoms with Crippen LogP contribution in [0.25, 0.3) is 0 Å². The number of hydrogen-bond acceptors (Lipinski definition) is 2. The molecule has 0 bridgehead atoms. The summed E-state index contributed by atoms with van der Waals surface area (Å²) in [5, 5.41) is 15.4. The van der Waals surface area contributed by atoms with E-state index in [1.807, 2.05) is 0 Å². The van der Waals surface area contributed by atoms with Crippen molar-refractivity contribution in [2.75, 3.05) is 13.1 Å². The summed E-state index contributed by atoms with van der Waals surface area (Å²) in [5.41, 5.74) is 0. The van der Waals surface area contributed by atoms with E-state index in [4.69, 9.17) is 17.3 Å². The third-order valence-electron chi connectivity index (χ3n) is 1.09. The maximum Gasteiger partial charge on any atom is 0.166 e. The monoisotopic (exact) mass is 176 g/mol. The minimum Gasteiger partial charge on any atom is -0.392 e. The number of thiocarbonyl (C=S) groups is 1. The fraction of sp³-hybridized carbons (Fsp3) is 0.857. The van der Waals surface area contributed by atoms with Gasteiger partial charge in [0.15, 0.2) is 5.11 Å². The molecule has 0 saturated heterocycles. The lowest BCUT2D eigenvalue weighted by Crippen LogP contribution is -2.39. The molecule has 4 heteroatoms. The first-order valence-electron chi connectivity index (χ1n) is 3.86. The molecule has 66 valence electrons. The van der Waals surface area contributed by atoms with E-state index in [2.05, 4.69) is 17.6 Å². The molecule has 0 rings (SSSR count). The van der Waals surface area contributed by atoms with Gasteiger partial charge in [0.2, 0.25) is 0 Å². The molecule has 0 fully saturated rings. The third-order valence-corrected chi connectivity index (χ3v) is 1.38. The van der Waals surface area contributed by atoms with Gasteiger partial charge in [0.25, 0.3) is 0 Å². The van der Waals surface area contributed by atoms with E-state index in [0.717, 1.165) is 13.0 Å². The van der Waals surface area contributed by atoms with Crippen LogP contribution in [-0.4, -0.2) is 29.4 Å². The molecular weight excluding hydrogens is 160 g/mol. The Morgan fingerprint density at radius 3 is 2.64 bits per heavy atom. The first-order valence-corrected chi connectivity index (χ1v) is 4.27. The highest BCUT2D eigenvalue weighted by Gasteiger charge is 1.96. The van der Waals surface area contributed by atoms with Gasteiger partial charge < -0.3 is 15.7 Å². The van der Waals surface area contributed by atoms with Crippen molar-refractivity contribution >= 4 is 17.3 Å². The van der Waals surface area contributed by atoms with Gasteiger partial charge in [0, 0.05) is 13.1 Å². The molecule has 0 amide bonds. The van der Waals surface area contributed by atoms with Gasteiger partial charge in [-0.1, -0.05) is 6.92 Å². The molecule has 0 unspecified atom stereocenters. The maximum absolute atomic E-state index is 8.88. The maximum atomic E-state index is 8.88. The highest BCUT2D eigenvalue weighted by Crippen LogP contribution is 1.76. The smallest absolute Gasteiger partial charge is 0.166 e. The summed E-state index contributed by atoms with van der Waals surface area (Å²) in [6.45, 7) is 5.18. The lowest BCUT2D eigenvalue weighted by Gasteiger charge is -2.10. The summed E-state index contributed by atoms with van der Waals surface area (Å²) in [6.07, 6.45) is 0.702. The van der Waals surface area contributed by atoms with Crippen molar-refractivity contribution in [1.82, 2.24) is 10.6 Å². The molecule has 0 aromatic rings. The summed E-state index contributed by atoms with van der Waals surface area (Å²) in [6, 6.07) is 0. The first kappa shape index (κ1) is 10.7. The second kappa shape index (κ2) is 6.37. The van der Waals surface area contributed by atoms with E-state index in [1.54, 1.807) is 6.92 Å². The number of aliphatic hydroxyl groups is 1. The van der Waals surface area contributed by atoms with Crippen molar-refractivity contribution < 1.29 is 5.11 Å². The first-order chi connectivity index (χ1) is 5.16. The molecule has 0 spiro atoms. The minimum atomic E-state index is -0.351. The summed E-state index contributed by atoms with van der Waals surface area (Å²) in [4.78, 5) is 0. The lowest BCUT2D eigenvalue weighted by molar-refractivity contribution is 0.198. The molecule has 0 saturated carbocycles. The highest BCUT2D eigenvalue weighted by atomic mass is 32.1. The summed E-state index contributed by atoms with van der Waals surface area (Å²) in [7, 11) is 0. The van der Waals surface area contributed by atoms with Crippen LogP contribution in [0.3, 0.4) is 0 Å². The largest absolute Gasteiger partial charge is 0.392 e. The van der Waals surface area contributed by atoms with Crippen LogP contribution in [0.2, 0.25) is 0 Å². The highest BCUT2D eigenvalue weighted by molar-refractivity contribution is 7.80. The van der Waals surface area contributed by atoms with Crippen molar-refractivity contribution in [3.63, 3.8) is 0 Å². The average molecular weight is 176 g/mol. The van der Waals surface area contributed by atoms with Crippen molar-refractivity contribution in [3.8, 4) is 0 Å². The lowest BCUT2D eigenvalue weighted by atomic mass is 10.4. The average Bonchev–Trinajstić information content (AvgIpc) is 1.97. The van der Waals surface area contributed by atoms with Crippen molar-refractivity contribution in [1.29, 1.82) is 0 Å². The van der Waals surface area contributed by atoms with Gasteiger partial charge in [-0.2, -0.15) is 0 Å². The zero-order chi connectivity index (χ0) is 8.69. The van der Waals surface area contributed by atoms with E-state index >= 15 is 0 Å². The zero-order valence-electron chi connectivity index (χ0n) is 7.05. The molecule has 0 aromatic carbocycles. The molecule has 0 aliphatic heterocycles. The Kier molecular flexibility index (Phi) is 6.16. The molecule has 1 atom stereocenters. The van der Waals surface area contributed by atoms with E-state index in [9.17, 15) is 0 Å². The summed E-state index contributed by atoms with van der Waals surface area (Å²) in [5.74, 6) is 0. The third kappa shape index (κ3) is 7.55. The Bertz CT molecular complexity index is 117. The van der Waals surface area contributed by atoms with E-state index in [0.29, 0.717) is 11.7 Å². The topological polar surface area (TPSA) is 44.3 Å². The number of aliphatic hydroxyl groups excluding tert-OH is 1. The molecule has 0 aliphatic rings. The Balaban J connectivity index is 3.23. The molecule has 3 N–H and O–H groups in total. The van der Waals surface area contributed by atoms with Crippen molar-refractivity contribution in [3.05, 3.63) is 0 Å². The van der Waals surface area contributed by atoms with Crippen LogP contribution >= 0.6 is 12.2 Å². The van der Waals surface area contributed by atoms with Crippen LogP contribution in [-0.2, 0) is 0 Å². The number of rotatable bonds is 4. The van der Waals surface area contributed by atoms with Gasteiger partial charge in [-0.05, 0) is 25.6 Å². The van der Waals surface area contributed by atoms with Crippen LogP contribution in [0.5, 0.6) is 0 Å². The van der Waals surface area contributed by atoms with Gasteiger partial charge in [0.05, 0.1) is 6.10 Å². The molecule has 11 heavy (non-hydrogen) atoms. The number of nitrogens with one attached hydrogen (secondary N) is 2. The molecule has 0 radical (unpaired) electrons. The fourth-order valence-corrected chi connectivity index (χ4v) is 0.727. The minimum absolute atomic E-state index is 0.351. The number of hydrogen-bond donors (Lipinski definition) is 3. The van der Waals surface area contributed by atoms with Crippen molar-refractivity contribution in [2.45, 2.75) is 26.4 Å². The van der Waals surface area contributed by atoms with Crippen LogP contribution in [0.1, 0.15) is 20.3 Å². The Hall–Kier alpha value is -0.350. The predicted octanol–water partition coefficient (Wildman–Crippen LogP) is 0.241. The second-order valence-electron chi connectivity index (χ2n) is 2.49. The van der Waals surface area contributed by atoms with E-state index in [1.165, 1.54) is 0 Å². The van der Waals surface area contributed by atoms with Crippen LogP contribution in [0, 0.1) is 0 Å². The molecular formula is C7H16N2OS. The molecule has 0 aromatic heterocycles. The van der Waals surface area contributed by atoms with Gasteiger partial charge in [-0.3, -0.25) is 0 Å². The van der Waals surface area contributed by atoms with Gasteiger partial charge >= 0.3 is 0 Å². The van der Waals surface area contributed by atoms with Gasteiger partial charge in [-0.25, -0.2) is 0 Å².